The van der Waals surface area contributed by atoms with Crippen LogP contribution < -0.4 is 10.2 Å². The SMILES string of the molecule is CCc1cc2c(N3CCN(C(=O)C4CCCNC4=O)CC3)ncnc2s1. The van der Waals surface area contributed by atoms with Crippen molar-refractivity contribution in [3.05, 3.63) is 17.3 Å². The number of hydrogen-bond acceptors (Lipinski definition) is 6. The lowest BCUT2D eigenvalue weighted by Gasteiger charge is -2.37. The number of amides is 2. The van der Waals surface area contributed by atoms with Crippen LogP contribution in [0.3, 0.4) is 0 Å². The molecule has 4 heterocycles. The van der Waals surface area contributed by atoms with Crippen LogP contribution in [0.2, 0.25) is 0 Å². The van der Waals surface area contributed by atoms with E-state index in [0.29, 0.717) is 26.1 Å². The van der Waals surface area contributed by atoms with Gasteiger partial charge in [0.1, 0.15) is 22.9 Å². The molecular formula is C18H23N5O2S. The molecule has 4 rings (SSSR count). The van der Waals surface area contributed by atoms with E-state index in [1.165, 1.54) is 4.88 Å². The molecule has 2 amide bonds. The number of fused-ring (bicyclic) bond motifs is 1. The zero-order valence-corrected chi connectivity index (χ0v) is 15.7. The Labute approximate surface area is 156 Å². The quantitative estimate of drug-likeness (QED) is 0.824. The van der Waals surface area contributed by atoms with Gasteiger partial charge in [-0.2, -0.15) is 0 Å². The first-order valence-electron chi connectivity index (χ1n) is 9.22. The second kappa shape index (κ2) is 7.19. The van der Waals surface area contributed by atoms with E-state index in [0.717, 1.165) is 42.0 Å². The summed E-state index contributed by atoms with van der Waals surface area (Å²) in [7, 11) is 0. The van der Waals surface area contributed by atoms with E-state index < -0.39 is 5.92 Å². The third kappa shape index (κ3) is 3.13. The Hall–Kier alpha value is -2.22. The molecule has 1 N–H and O–H groups in total. The number of piperazine rings is 1. The zero-order chi connectivity index (χ0) is 18.1. The van der Waals surface area contributed by atoms with Crippen LogP contribution in [-0.2, 0) is 16.0 Å². The number of carbonyl (C=O) groups is 2. The van der Waals surface area contributed by atoms with Crippen molar-refractivity contribution in [2.24, 2.45) is 5.92 Å². The number of piperidine rings is 1. The predicted molar refractivity (Wildman–Crippen MR) is 101 cm³/mol. The molecule has 0 aliphatic carbocycles. The minimum Gasteiger partial charge on any atom is -0.355 e. The molecule has 26 heavy (non-hydrogen) atoms. The average molecular weight is 373 g/mol. The molecule has 2 aliphatic heterocycles. The Morgan fingerprint density at radius 1 is 1.31 bits per heavy atom. The monoisotopic (exact) mass is 373 g/mol. The van der Waals surface area contributed by atoms with Gasteiger partial charge in [0, 0.05) is 37.6 Å². The van der Waals surface area contributed by atoms with Crippen LogP contribution in [0.5, 0.6) is 0 Å². The summed E-state index contributed by atoms with van der Waals surface area (Å²) in [5.74, 6) is 0.295. The van der Waals surface area contributed by atoms with Gasteiger partial charge in [0.05, 0.1) is 5.39 Å². The van der Waals surface area contributed by atoms with Crippen LogP contribution in [0, 0.1) is 5.92 Å². The van der Waals surface area contributed by atoms with E-state index in [2.05, 4.69) is 33.2 Å². The highest BCUT2D eigenvalue weighted by Gasteiger charge is 2.34. The molecule has 0 saturated carbocycles. The Morgan fingerprint density at radius 3 is 2.85 bits per heavy atom. The third-order valence-electron chi connectivity index (χ3n) is 5.18. The molecular weight excluding hydrogens is 350 g/mol. The smallest absolute Gasteiger partial charge is 0.235 e. The largest absolute Gasteiger partial charge is 0.355 e. The Kier molecular flexibility index (Phi) is 4.76. The van der Waals surface area contributed by atoms with Crippen molar-refractivity contribution in [1.29, 1.82) is 0 Å². The first-order chi connectivity index (χ1) is 12.7. The molecule has 7 nitrogen and oxygen atoms in total. The highest BCUT2D eigenvalue weighted by molar-refractivity contribution is 7.18. The van der Waals surface area contributed by atoms with Crippen molar-refractivity contribution in [1.82, 2.24) is 20.2 Å². The maximum absolute atomic E-state index is 12.7. The van der Waals surface area contributed by atoms with Crippen molar-refractivity contribution in [3.8, 4) is 0 Å². The van der Waals surface area contributed by atoms with Gasteiger partial charge in [-0.05, 0) is 25.3 Å². The van der Waals surface area contributed by atoms with E-state index in [1.807, 2.05) is 4.90 Å². The number of aromatic nitrogens is 2. The van der Waals surface area contributed by atoms with Gasteiger partial charge in [0.15, 0.2) is 0 Å². The van der Waals surface area contributed by atoms with Crippen molar-refractivity contribution >= 4 is 39.2 Å². The van der Waals surface area contributed by atoms with Crippen molar-refractivity contribution in [2.45, 2.75) is 26.2 Å². The van der Waals surface area contributed by atoms with Gasteiger partial charge < -0.3 is 15.1 Å². The fraction of sp³-hybridized carbons (Fsp3) is 0.556. The lowest BCUT2D eigenvalue weighted by Crippen LogP contribution is -2.53. The molecule has 2 fully saturated rings. The minimum absolute atomic E-state index is 0.0292. The molecule has 1 atom stereocenters. The third-order valence-corrected chi connectivity index (χ3v) is 6.37. The van der Waals surface area contributed by atoms with Crippen LogP contribution in [0.15, 0.2) is 12.4 Å². The molecule has 0 spiro atoms. The molecule has 2 aliphatic rings. The number of hydrogen-bond donors (Lipinski definition) is 1. The van der Waals surface area contributed by atoms with Crippen molar-refractivity contribution in [3.63, 3.8) is 0 Å². The lowest BCUT2D eigenvalue weighted by atomic mass is 9.97. The molecule has 2 aromatic rings. The van der Waals surface area contributed by atoms with Gasteiger partial charge in [-0.15, -0.1) is 11.3 Å². The number of rotatable bonds is 3. The van der Waals surface area contributed by atoms with Crippen molar-refractivity contribution in [2.75, 3.05) is 37.6 Å². The van der Waals surface area contributed by atoms with E-state index in [1.54, 1.807) is 17.7 Å². The van der Waals surface area contributed by atoms with Gasteiger partial charge in [-0.25, -0.2) is 9.97 Å². The van der Waals surface area contributed by atoms with Gasteiger partial charge in [-0.1, -0.05) is 6.92 Å². The summed E-state index contributed by atoms with van der Waals surface area (Å²) >= 11 is 1.71. The molecule has 0 aromatic carbocycles. The predicted octanol–water partition coefficient (Wildman–Crippen LogP) is 1.43. The fourth-order valence-electron chi connectivity index (χ4n) is 3.69. The normalized spacial score (nSPS) is 21.1. The summed E-state index contributed by atoms with van der Waals surface area (Å²) in [5.41, 5.74) is 0. The van der Waals surface area contributed by atoms with Crippen LogP contribution >= 0.6 is 11.3 Å². The second-order valence-corrected chi connectivity index (χ2v) is 7.90. The van der Waals surface area contributed by atoms with Crippen LogP contribution in [0.25, 0.3) is 10.2 Å². The summed E-state index contributed by atoms with van der Waals surface area (Å²) in [6, 6.07) is 2.18. The summed E-state index contributed by atoms with van der Waals surface area (Å²) in [6.07, 6.45) is 4.15. The van der Waals surface area contributed by atoms with E-state index in [-0.39, 0.29) is 11.8 Å². The molecule has 1 unspecified atom stereocenters. The highest BCUT2D eigenvalue weighted by atomic mass is 32.1. The molecule has 2 aromatic heterocycles. The maximum Gasteiger partial charge on any atom is 0.235 e. The van der Waals surface area contributed by atoms with E-state index in [9.17, 15) is 9.59 Å². The number of anilines is 1. The average Bonchev–Trinajstić information content (AvgIpc) is 3.11. The van der Waals surface area contributed by atoms with Gasteiger partial charge in [-0.3, -0.25) is 9.59 Å². The lowest BCUT2D eigenvalue weighted by molar-refractivity contribution is -0.143. The van der Waals surface area contributed by atoms with Crippen LogP contribution in [-0.4, -0.2) is 59.4 Å². The number of aryl methyl sites for hydroxylation is 1. The number of nitrogens with one attached hydrogen (secondary N) is 1. The number of carbonyl (C=O) groups excluding carboxylic acids is 2. The summed E-state index contributed by atoms with van der Waals surface area (Å²) in [4.78, 5) is 39.9. The minimum atomic E-state index is -0.509. The first kappa shape index (κ1) is 17.2. The number of thiophene rings is 1. The topological polar surface area (TPSA) is 78.4 Å². The molecule has 8 heteroatoms. The number of nitrogens with zero attached hydrogens (tertiary/aromatic N) is 4. The highest BCUT2D eigenvalue weighted by Crippen LogP contribution is 2.31. The second-order valence-electron chi connectivity index (χ2n) is 6.78. The molecule has 0 bridgehead atoms. The maximum atomic E-state index is 12.7. The Balaban J connectivity index is 1.46. The molecule has 2 saturated heterocycles. The summed E-state index contributed by atoms with van der Waals surface area (Å²) in [6.45, 7) is 5.52. The first-order valence-corrected chi connectivity index (χ1v) is 10.0. The van der Waals surface area contributed by atoms with Crippen molar-refractivity contribution < 1.29 is 9.59 Å². The fourth-order valence-corrected chi connectivity index (χ4v) is 4.62. The van der Waals surface area contributed by atoms with Gasteiger partial charge >= 0.3 is 0 Å². The summed E-state index contributed by atoms with van der Waals surface area (Å²) < 4.78 is 0. The Bertz CT molecular complexity index is 828. The van der Waals surface area contributed by atoms with Crippen LogP contribution in [0.1, 0.15) is 24.6 Å². The summed E-state index contributed by atoms with van der Waals surface area (Å²) in [5, 5.41) is 3.90. The van der Waals surface area contributed by atoms with E-state index in [4.69, 9.17) is 0 Å². The molecule has 0 radical (unpaired) electrons. The standard InChI is InChI=1S/C18H23N5O2S/c1-2-12-10-14-15(20-11-21-17(14)26-12)22-6-8-23(9-7-22)18(25)13-4-3-5-19-16(13)24/h10-11,13H,2-9H2,1H3,(H,19,24). The Morgan fingerprint density at radius 2 is 2.12 bits per heavy atom. The molecule has 138 valence electrons. The van der Waals surface area contributed by atoms with Crippen LogP contribution in [0.4, 0.5) is 5.82 Å². The van der Waals surface area contributed by atoms with E-state index >= 15 is 0 Å². The zero-order valence-electron chi connectivity index (χ0n) is 14.9. The van der Waals surface area contributed by atoms with Gasteiger partial charge in [0.25, 0.3) is 0 Å². The van der Waals surface area contributed by atoms with Gasteiger partial charge in [0.2, 0.25) is 11.8 Å².